The molecule has 1 amide bonds. The van der Waals surface area contributed by atoms with Crippen LogP contribution in [0.5, 0.6) is 5.75 Å². The van der Waals surface area contributed by atoms with Crippen molar-refractivity contribution in [2.24, 2.45) is 0 Å². The molecule has 0 aliphatic carbocycles. The Morgan fingerprint density at radius 3 is 2.43 bits per heavy atom. The highest BCUT2D eigenvalue weighted by atomic mass is 16.5. The van der Waals surface area contributed by atoms with Crippen LogP contribution in [0.1, 0.15) is 30.4 Å². The van der Waals surface area contributed by atoms with Crippen molar-refractivity contribution in [2.75, 3.05) is 32.8 Å². The van der Waals surface area contributed by atoms with E-state index in [4.69, 9.17) is 4.74 Å². The Hall–Kier alpha value is -2.37. The minimum Gasteiger partial charge on any atom is -0.484 e. The molecular formula is C23H28N2O3. The maximum Gasteiger partial charge on any atom is 0.260 e. The molecule has 0 spiro atoms. The van der Waals surface area contributed by atoms with Gasteiger partial charge in [-0.15, -0.1) is 0 Å². The van der Waals surface area contributed by atoms with Gasteiger partial charge in [0.25, 0.3) is 5.91 Å². The summed E-state index contributed by atoms with van der Waals surface area (Å²) in [5, 5.41) is 11.0. The molecule has 5 heteroatoms. The van der Waals surface area contributed by atoms with Crippen molar-refractivity contribution in [1.29, 1.82) is 0 Å². The van der Waals surface area contributed by atoms with Gasteiger partial charge in [0.2, 0.25) is 0 Å². The fourth-order valence-electron chi connectivity index (χ4n) is 4.14. The standard InChI is InChI=1S/C23H28N2O3/c26-22(25-13-4-5-14-25)17-28-21-10-8-19(9-11-21)16-24-15-12-23(27,18-24)20-6-2-1-3-7-20/h1-3,6-11,27H,4-5,12-18H2. The summed E-state index contributed by atoms with van der Waals surface area (Å²) in [6, 6.07) is 17.8. The molecule has 28 heavy (non-hydrogen) atoms. The Bertz CT molecular complexity index is 787. The molecule has 148 valence electrons. The number of aliphatic hydroxyl groups is 1. The maximum atomic E-state index is 12.1. The molecule has 1 atom stereocenters. The second kappa shape index (κ2) is 8.33. The number of ether oxygens (including phenoxy) is 1. The molecular weight excluding hydrogens is 352 g/mol. The number of benzene rings is 2. The highest BCUT2D eigenvalue weighted by molar-refractivity contribution is 5.78. The van der Waals surface area contributed by atoms with Crippen LogP contribution in [-0.4, -0.2) is 53.6 Å². The fourth-order valence-corrected chi connectivity index (χ4v) is 4.14. The van der Waals surface area contributed by atoms with E-state index in [-0.39, 0.29) is 12.5 Å². The van der Waals surface area contributed by atoms with E-state index in [0.29, 0.717) is 6.54 Å². The smallest absolute Gasteiger partial charge is 0.260 e. The Balaban J connectivity index is 1.28. The van der Waals surface area contributed by atoms with Crippen LogP contribution in [0.15, 0.2) is 54.6 Å². The number of hydrogen-bond donors (Lipinski definition) is 1. The van der Waals surface area contributed by atoms with Crippen molar-refractivity contribution < 1.29 is 14.6 Å². The number of likely N-dealkylation sites (tertiary alicyclic amines) is 2. The Morgan fingerprint density at radius 2 is 1.71 bits per heavy atom. The summed E-state index contributed by atoms with van der Waals surface area (Å²) in [6.07, 6.45) is 2.93. The van der Waals surface area contributed by atoms with Crippen molar-refractivity contribution in [2.45, 2.75) is 31.4 Å². The van der Waals surface area contributed by atoms with Gasteiger partial charge in [0, 0.05) is 32.7 Å². The Labute approximate surface area is 166 Å². The molecule has 0 aromatic heterocycles. The zero-order valence-corrected chi connectivity index (χ0v) is 16.2. The Morgan fingerprint density at radius 1 is 1.00 bits per heavy atom. The van der Waals surface area contributed by atoms with Crippen LogP contribution >= 0.6 is 0 Å². The van der Waals surface area contributed by atoms with Crippen molar-refractivity contribution in [3.05, 3.63) is 65.7 Å². The van der Waals surface area contributed by atoms with E-state index in [1.54, 1.807) is 0 Å². The third-order valence-electron chi connectivity index (χ3n) is 5.79. The summed E-state index contributed by atoms with van der Waals surface area (Å²) < 4.78 is 5.65. The van der Waals surface area contributed by atoms with Crippen LogP contribution in [0.2, 0.25) is 0 Å². The summed E-state index contributed by atoms with van der Waals surface area (Å²) in [6.45, 7) is 4.11. The first kappa shape index (κ1) is 19.0. The number of rotatable bonds is 6. The lowest BCUT2D eigenvalue weighted by Crippen LogP contribution is -2.32. The molecule has 1 N–H and O–H groups in total. The van der Waals surface area contributed by atoms with Crippen LogP contribution in [0, 0.1) is 0 Å². The second-order valence-corrected chi connectivity index (χ2v) is 7.88. The van der Waals surface area contributed by atoms with Gasteiger partial charge in [-0.1, -0.05) is 42.5 Å². The van der Waals surface area contributed by atoms with Gasteiger partial charge in [-0.25, -0.2) is 0 Å². The first-order valence-electron chi connectivity index (χ1n) is 10.1. The zero-order valence-electron chi connectivity index (χ0n) is 16.2. The van der Waals surface area contributed by atoms with Gasteiger partial charge in [-0.05, 0) is 42.5 Å². The average molecular weight is 380 g/mol. The molecule has 2 aromatic carbocycles. The molecule has 2 aromatic rings. The van der Waals surface area contributed by atoms with E-state index in [1.807, 2.05) is 59.5 Å². The van der Waals surface area contributed by atoms with Gasteiger partial charge in [-0.2, -0.15) is 0 Å². The first-order valence-corrected chi connectivity index (χ1v) is 10.1. The summed E-state index contributed by atoms with van der Waals surface area (Å²) >= 11 is 0. The monoisotopic (exact) mass is 380 g/mol. The van der Waals surface area contributed by atoms with Crippen LogP contribution in [0.3, 0.4) is 0 Å². The van der Waals surface area contributed by atoms with Crippen LogP contribution in [0.4, 0.5) is 0 Å². The molecule has 2 saturated heterocycles. The zero-order chi connectivity index (χ0) is 19.4. The van der Waals surface area contributed by atoms with Gasteiger partial charge in [0.05, 0.1) is 0 Å². The number of carbonyl (C=O) groups excluding carboxylic acids is 1. The van der Waals surface area contributed by atoms with Crippen molar-refractivity contribution in [3.63, 3.8) is 0 Å². The summed E-state index contributed by atoms with van der Waals surface area (Å²) in [7, 11) is 0. The lowest BCUT2D eigenvalue weighted by atomic mass is 9.93. The number of amides is 1. The van der Waals surface area contributed by atoms with E-state index in [9.17, 15) is 9.90 Å². The maximum absolute atomic E-state index is 12.1. The van der Waals surface area contributed by atoms with Gasteiger partial charge >= 0.3 is 0 Å². The molecule has 0 saturated carbocycles. The largest absolute Gasteiger partial charge is 0.484 e. The fraction of sp³-hybridized carbons (Fsp3) is 0.435. The van der Waals surface area contributed by atoms with Crippen molar-refractivity contribution in [1.82, 2.24) is 9.80 Å². The highest BCUT2D eigenvalue weighted by Crippen LogP contribution is 2.32. The number of nitrogens with zero attached hydrogens (tertiary/aromatic N) is 2. The lowest BCUT2D eigenvalue weighted by Gasteiger charge is -2.24. The SMILES string of the molecule is O=C(COc1ccc(CN2CCC(O)(c3ccccc3)C2)cc1)N1CCCC1. The van der Waals surface area contributed by atoms with E-state index in [1.165, 1.54) is 5.56 Å². The minimum atomic E-state index is -0.764. The highest BCUT2D eigenvalue weighted by Gasteiger charge is 2.37. The number of carbonyl (C=O) groups is 1. The first-order chi connectivity index (χ1) is 13.6. The molecule has 1 unspecified atom stereocenters. The predicted molar refractivity (Wildman–Crippen MR) is 108 cm³/mol. The Kier molecular flexibility index (Phi) is 5.64. The molecule has 0 bridgehead atoms. The molecule has 4 rings (SSSR count). The van der Waals surface area contributed by atoms with E-state index < -0.39 is 5.60 Å². The van der Waals surface area contributed by atoms with Crippen molar-refractivity contribution >= 4 is 5.91 Å². The molecule has 2 heterocycles. The van der Waals surface area contributed by atoms with E-state index >= 15 is 0 Å². The third-order valence-corrected chi connectivity index (χ3v) is 5.79. The van der Waals surface area contributed by atoms with Crippen molar-refractivity contribution in [3.8, 4) is 5.75 Å². The summed E-state index contributed by atoms with van der Waals surface area (Å²) in [5.74, 6) is 0.789. The second-order valence-electron chi connectivity index (χ2n) is 7.88. The van der Waals surface area contributed by atoms with E-state index in [0.717, 1.165) is 56.8 Å². The van der Waals surface area contributed by atoms with Crippen LogP contribution < -0.4 is 4.74 Å². The molecule has 2 aliphatic rings. The average Bonchev–Trinajstić information content (AvgIpc) is 3.39. The van der Waals surface area contributed by atoms with Gasteiger partial charge in [-0.3, -0.25) is 9.69 Å². The number of β-amino-alcohol motifs (C(OH)–C–C–N with tert-alkyl or cyclic N) is 1. The molecule has 2 fully saturated rings. The van der Waals surface area contributed by atoms with Gasteiger partial charge in [0.15, 0.2) is 6.61 Å². The minimum absolute atomic E-state index is 0.0684. The predicted octanol–water partition coefficient (Wildman–Crippen LogP) is 2.78. The van der Waals surface area contributed by atoms with E-state index in [2.05, 4.69) is 4.90 Å². The molecule has 0 radical (unpaired) electrons. The quantitative estimate of drug-likeness (QED) is 0.837. The summed E-state index contributed by atoms with van der Waals surface area (Å²) in [5.41, 5.74) is 1.40. The normalized spacial score (nSPS) is 22.5. The number of hydrogen-bond acceptors (Lipinski definition) is 4. The lowest BCUT2D eigenvalue weighted by molar-refractivity contribution is -0.132. The topological polar surface area (TPSA) is 53.0 Å². The van der Waals surface area contributed by atoms with Crippen LogP contribution in [0.25, 0.3) is 0 Å². The van der Waals surface area contributed by atoms with Gasteiger partial charge in [0.1, 0.15) is 11.4 Å². The molecule has 2 aliphatic heterocycles. The third kappa shape index (κ3) is 4.37. The summed E-state index contributed by atoms with van der Waals surface area (Å²) in [4.78, 5) is 16.2. The van der Waals surface area contributed by atoms with Crippen LogP contribution in [-0.2, 0) is 16.9 Å². The molecule has 5 nitrogen and oxygen atoms in total. The van der Waals surface area contributed by atoms with Gasteiger partial charge < -0.3 is 14.7 Å².